The van der Waals surface area contributed by atoms with Gasteiger partial charge in [-0.2, -0.15) is 0 Å². The maximum atomic E-state index is 14.2. The van der Waals surface area contributed by atoms with Gasteiger partial charge in [-0.1, -0.05) is 0 Å². The first-order valence-corrected chi connectivity index (χ1v) is 8.34. The summed E-state index contributed by atoms with van der Waals surface area (Å²) in [4.78, 5) is 17.2. The van der Waals surface area contributed by atoms with Crippen LogP contribution in [0.15, 0.2) is 21.5 Å². The molecule has 5 nitrogen and oxygen atoms in total. The Morgan fingerprint density at radius 1 is 1.43 bits per heavy atom. The van der Waals surface area contributed by atoms with Crippen molar-refractivity contribution >= 4 is 37.9 Å². The number of aryl methyl sites for hydroxylation is 1. The molecule has 1 aliphatic heterocycles. The second kappa shape index (κ2) is 4.14. The van der Waals surface area contributed by atoms with Gasteiger partial charge in [0.05, 0.1) is 38.1 Å². The molecule has 0 unspecified atom stereocenters. The normalized spacial score (nSPS) is 18.4. The van der Waals surface area contributed by atoms with Gasteiger partial charge >= 0.3 is 5.69 Å². The van der Waals surface area contributed by atoms with Crippen molar-refractivity contribution in [2.75, 3.05) is 6.61 Å². The molecule has 1 spiro atoms. The molecule has 118 valence electrons. The van der Waals surface area contributed by atoms with Crippen LogP contribution in [0.2, 0.25) is 0 Å². The third kappa shape index (κ3) is 1.46. The Bertz CT molecular complexity index is 1070. The standard InChI is InChI=1S/C16H13BrFN3O2/c1-20-10-6-19-9-5-8(18)12(17)14-11(9)13(10)21(15(20)22)16(7-23-14)3-2-4-16/h5-6H,2-4,7H2,1H3. The molecule has 3 heterocycles. The molecule has 7 heteroatoms. The van der Waals surface area contributed by atoms with Crippen molar-refractivity contribution in [3.05, 3.63) is 33.0 Å². The van der Waals surface area contributed by atoms with E-state index in [4.69, 9.17) is 4.74 Å². The molecule has 5 rings (SSSR count). The van der Waals surface area contributed by atoms with Crippen LogP contribution in [0, 0.1) is 5.82 Å². The van der Waals surface area contributed by atoms with E-state index in [0.29, 0.717) is 27.7 Å². The topological polar surface area (TPSA) is 49.0 Å². The number of hydrogen-bond donors (Lipinski definition) is 0. The third-order valence-electron chi connectivity index (χ3n) is 5.27. The summed E-state index contributed by atoms with van der Waals surface area (Å²) in [7, 11) is 1.75. The van der Waals surface area contributed by atoms with Crippen LogP contribution in [-0.4, -0.2) is 20.7 Å². The molecule has 0 saturated heterocycles. The number of fused-ring (bicyclic) bond motifs is 1. The molecule has 1 fully saturated rings. The van der Waals surface area contributed by atoms with Gasteiger partial charge in [0, 0.05) is 13.1 Å². The number of benzene rings is 1. The molecule has 0 radical (unpaired) electrons. The van der Waals surface area contributed by atoms with E-state index < -0.39 is 5.82 Å². The van der Waals surface area contributed by atoms with E-state index in [1.807, 2.05) is 4.57 Å². The zero-order valence-electron chi connectivity index (χ0n) is 12.4. The van der Waals surface area contributed by atoms with Crippen LogP contribution in [0.3, 0.4) is 0 Å². The van der Waals surface area contributed by atoms with Gasteiger partial charge < -0.3 is 4.74 Å². The highest BCUT2D eigenvalue weighted by Crippen LogP contribution is 2.47. The smallest absolute Gasteiger partial charge is 0.329 e. The minimum Gasteiger partial charge on any atom is -0.489 e. The second-order valence-electron chi connectivity index (χ2n) is 6.43. The Kier molecular flexibility index (Phi) is 2.44. The van der Waals surface area contributed by atoms with Gasteiger partial charge in [-0.15, -0.1) is 0 Å². The van der Waals surface area contributed by atoms with Crippen LogP contribution < -0.4 is 10.4 Å². The quantitative estimate of drug-likeness (QED) is 0.604. The summed E-state index contributed by atoms with van der Waals surface area (Å²) in [6.07, 6.45) is 4.49. The summed E-state index contributed by atoms with van der Waals surface area (Å²) < 4.78 is 23.9. The van der Waals surface area contributed by atoms with Gasteiger partial charge in [0.2, 0.25) is 0 Å². The molecule has 2 aliphatic rings. The van der Waals surface area contributed by atoms with Crippen molar-refractivity contribution in [3.8, 4) is 5.75 Å². The monoisotopic (exact) mass is 377 g/mol. The molecular weight excluding hydrogens is 365 g/mol. The van der Waals surface area contributed by atoms with E-state index in [1.54, 1.807) is 17.8 Å². The molecular formula is C16H13BrFN3O2. The van der Waals surface area contributed by atoms with Crippen LogP contribution in [-0.2, 0) is 12.6 Å². The first-order valence-electron chi connectivity index (χ1n) is 7.55. The minimum absolute atomic E-state index is 0.0640. The van der Waals surface area contributed by atoms with E-state index in [-0.39, 0.29) is 11.2 Å². The van der Waals surface area contributed by atoms with Crippen LogP contribution in [0.1, 0.15) is 19.3 Å². The van der Waals surface area contributed by atoms with Crippen molar-refractivity contribution in [3.63, 3.8) is 0 Å². The molecule has 1 aliphatic carbocycles. The Balaban J connectivity index is 2.09. The van der Waals surface area contributed by atoms with Gasteiger partial charge in [0.15, 0.2) is 0 Å². The van der Waals surface area contributed by atoms with Gasteiger partial charge in [0.1, 0.15) is 18.2 Å². The van der Waals surface area contributed by atoms with E-state index in [9.17, 15) is 9.18 Å². The van der Waals surface area contributed by atoms with E-state index in [1.165, 1.54) is 6.07 Å². The van der Waals surface area contributed by atoms with Gasteiger partial charge in [-0.3, -0.25) is 14.1 Å². The molecule has 0 atom stereocenters. The lowest BCUT2D eigenvalue weighted by atomic mass is 9.77. The number of ether oxygens (including phenoxy) is 1. The number of halogens is 2. The molecule has 2 aromatic heterocycles. The first-order chi connectivity index (χ1) is 11.0. The molecule has 0 N–H and O–H groups in total. The lowest BCUT2D eigenvalue weighted by Crippen LogP contribution is -2.50. The molecule has 0 amide bonds. The predicted molar refractivity (Wildman–Crippen MR) is 87.5 cm³/mol. The van der Waals surface area contributed by atoms with Crippen molar-refractivity contribution < 1.29 is 9.13 Å². The van der Waals surface area contributed by atoms with Crippen molar-refractivity contribution in [2.24, 2.45) is 7.05 Å². The summed E-state index contributed by atoms with van der Waals surface area (Å²) in [6.45, 7) is 0.373. The zero-order chi connectivity index (χ0) is 15.9. The van der Waals surface area contributed by atoms with Crippen molar-refractivity contribution in [1.82, 2.24) is 14.1 Å². The van der Waals surface area contributed by atoms with Gasteiger partial charge in [-0.05, 0) is 35.2 Å². The summed E-state index contributed by atoms with van der Waals surface area (Å²) >= 11 is 3.29. The Morgan fingerprint density at radius 3 is 2.91 bits per heavy atom. The van der Waals surface area contributed by atoms with Crippen molar-refractivity contribution in [2.45, 2.75) is 24.8 Å². The fourth-order valence-corrected chi connectivity index (χ4v) is 4.29. The number of aromatic nitrogens is 3. The number of pyridine rings is 1. The number of imidazole rings is 1. The lowest BCUT2D eigenvalue weighted by Gasteiger charge is -2.41. The minimum atomic E-state index is -0.409. The van der Waals surface area contributed by atoms with Crippen molar-refractivity contribution in [1.29, 1.82) is 0 Å². The lowest BCUT2D eigenvalue weighted by molar-refractivity contribution is 0.0713. The largest absolute Gasteiger partial charge is 0.489 e. The average Bonchev–Trinajstić information content (AvgIpc) is 2.67. The third-order valence-corrected chi connectivity index (χ3v) is 6.01. The number of hydrogen-bond acceptors (Lipinski definition) is 3. The highest BCUT2D eigenvalue weighted by molar-refractivity contribution is 9.10. The van der Waals surface area contributed by atoms with Gasteiger partial charge in [0.25, 0.3) is 0 Å². The van der Waals surface area contributed by atoms with E-state index in [0.717, 1.165) is 30.3 Å². The summed E-state index contributed by atoms with van der Waals surface area (Å²) in [5.41, 5.74) is 1.66. The zero-order valence-corrected chi connectivity index (χ0v) is 14.0. The fraction of sp³-hybridized carbons (Fsp3) is 0.375. The molecule has 3 aromatic rings. The molecule has 1 saturated carbocycles. The van der Waals surface area contributed by atoms with Crippen LogP contribution in [0.4, 0.5) is 4.39 Å². The highest BCUT2D eigenvalue weighted by Gasteiger charge is 2.45. The molecule has 23 heavy (non-hydrogen) atoms. The highest BCUT2D eigenvalue weighted by atomic mass is 79.9. The average molecular weight is 378 g/mol. The van der Waals surface area contributed by atoms with Gasteiger partial charge in [-0.25, -0.2) is 9.18 Å². The summed E-state index contributed by atoms with van der Waals surface area (Å²) in [5.74, 6) is 0.0370. The summed E-state index contributed by atoms with van der Waals surface area (Å²) in [6, 6.07) is 1.38. The molecule has 1 aromatic carbocycles. The Hall–Kier alpha value is -1.89. The van der Waals surface area contributed by atoms with Crippen LogP contribution >= 0.6 is 15.9 Å². The number of nitrogens with zero attached hydrogens (tertiary/aromatic N) is 3. The number of rotatable bonds is 0. The second-order valence-corrected chi connectivity index (χ2v) is 7.22. The maximum absolute atomic E-state index is 14.2. The first kappa shape index (κ1) is 13.5. The Morgan fingerprint density at radius 2 is 2.22 bits per heavy atom. The summed E-state index contributed by atoms with van der Waals surface area (Å²) in [5, 5.41) is 0.706. The van der Waals surface area contributed by atoms with E-state index in [2.05, 4.69) is 20.9 Å². The van der Waals surface area contributed by atoms with Crippen LogP contribution in [0.25, 0.3) is 21.9 Å². The predicted octanol–water partition coefficient (Wildman–Crippen LogP) is 3.06. The maximum Gasteiger partial charge on any atom is 0.329 e. The SMILES string of the molecule is Cn1c(=O)n2c3c4c(c(Br)c(F)cc4ncc31)OCC21CCC1. The molecule has 0 bridgehead atoms. The van der Waals surface area contributed by atoms with Crippen LogP contribution in [0.5, 0.6) is 5.75 Å². The van der Waals surface area contributed by atoms with E-state index >= 15 is 0 Å². The Labute approximate surface area is 138 Å². The fourth-order valence-electron chi connectivity index (χ4n) is 3.86.